The number of methoxy groups -OCH3 is 3. The van der Waals surface area contributed by atoms with Gasteiger partial charge in [-0.1, -0.05) is 42.5 Å². The number of Topliss-reactive ketones (excluding diaryl/α,β-unsaturated/α-hetero) is 1. The average Bonchev–Trinajstić information content (AvgIpc) is 3.16. The molecule has 3 aromatic rings. The van der Waals surface area contributed by atoms with Crippen LogP contribution in [0.5, 0.6) is 17.2 Å². The molecule has 0 spiro atoms. The Morgan fingerprint density at radius 3 is 2.14 bits per heavy atom. The standard InChI is InChI=1S/C28H27NO6/c1-33-20-11-9-18(10-12-20)15-16-29-25(19-7-5-4-6-8-19)24(27(31)28(29)32)26(30)22-14-13-21(34-2)17-23(22)35-3/h4-14,17,25,30H,15-16H2,1-3H3/b26-24-. The van der Waals surface area contributed by atoms with Crippen LogP contribution in [0, 0.1) is 0 Å². The van der Waals surface area contributed by atoms with Gasteiger partial charge >= 0.3 is 0 Å². The first-order valence-electron chi connectivity index (χ1n) is 11.2. The third kappa shape index (κ3) is 4.71. The molecule has 1 saturated heterocycles. The lowest BCUT2D eigenvalue weighted by atomic mass is 9.95. The first kappa shape index (κ1) is 23.9. The number of amides is 1. The van der Waals surface area contributed by atoms with E-state index in [4.69, 9.17) is 14.2 Å². The van der Waals surface area contributed by atoms with Crippen LogP contribution in [-0.2, 0) is 16.0 Å². The summed E-state index contributed by atoms with van der Waals surface area (Å²) in [5.74, 6) is -0.0584. The van der Waals surface area contributed by atoms with Crippen LogP contribution in [0.2, 0.25) is 0 Å². The lowest BCUT2D eigenvalue weighted by Crippen LogP contribution is -2.31. The Morgan fingerprint density at radius 1 is 0.857 bits per heavy atom. The summed E-state index contributed by atoms with van der Waals surface area (Å²) in [5, 5.41) is 11.3. The summed E-state index contributed by atoms with van der Waals surface area (Å²) >= 11 is 0. The molecular weight excluding hydrogens is 446 g/mol. The maximum atomic E-state index is 13.2. The maximum Gasteiger partial charge on any atom is 0.295 e. The highest BCUT2D eigenvalue weighted by Gasteiger charge is 2.46. The van der Waals surface area contributed by atoms with Crippen LogP contribution in [-0.4, -0.2) is 49.6 Å². The number of carbonyl (C=O) groups is 2. The topological polar surface area (TPSA) is 85.3 Å². The van der Waals surface area contributed by atoms with E-state index < -0.39 is 17.7 Å². The van der Waals surface area contributed by atoms with Gasteiger partial charge in [-0.15, -0.1) is 0 Å². The third-order valence-electron chi connectivity index (χ3n) is 6.12. The van der Waals surface area contributed by atoms with Crippen LogP contribution in [0.25, 0.3) is 5.76 Å². The van der Waals surface area contributed by atoms with E-state index in [1.54, 1.807) is 25.3 Å². The van der Waals surface area contributed by atoms with Crippen molar-refractivity contribution in [3.63, 3.8) is 0 Å². The van der Waals surface area contributed by atoms with Gasteiger partial charge in [0.15, 0.2) is 0 Å². The summed E-state index contributed by atoms with van der Waals surface area (Å²) in [4.78, 5) is 27.9. The summed E-state index contributed by atoms with van der Waals surface area (Å²) in [7, 11) is 4.60. The first-order chi connectivity index (χ1) is 17.0. The van der Waals surface area contributed by atoms with Crippen molar-refractivity contribution in [3.8, 4) is 17.2 Å². The molecule has 4 rings (SSSR count). The van der Waals surface area contributed by atoms with Gasteiger partial charge in [0, 0.05) is 12.6 Å². The molecule has 1 unspecified atom stereocenters. The fourth-order valence-electron chi connectivity index (χ4n) is 4.27. The largest absolute Gasteiger partial charge is 0.507 e. The van der Waals surface area contributed by atoms with Crippen molar-refractivity contribution in [2.24, 2.45) is 0 Å². The first-order valence-corrected chi connectivity index (χ1v) is 11.2. The second-order valence-electron chi connectivity index (χ2n) is 8.07. The quantitative estimate of drug-likeness (QED) is 0.297. The lowest BCUT2D eigenvalue weighted by Gasteiger charge is -2.25. The van der Waals surface area contributed by atoms with Gasteiger partial charge in [0.25, 0.3) is 11.7 Å². The van der Waals surface area contributed by atoms with Gasteiger partial charge in [-0.2, -0.15) is 0 Å². The molecule has 0 bridgehead atoms. The van der Waals surface area contributed by atoms with E-state index in [1.807, 2.05) is 54.6 Å². The van der Waals surface area contributed by atoms with Crippen LogP contribution in [0.15, 0.2) is 78.4 Å². The van der Waals surface area contributed by atoms with E-state index in [1.165, 1.54) is 19.1 Å². The Morgan fingerprint density at radius 2 is 1.51 bits per heavy atom. The predicted molar refractivity (Wildman–Crippen MR) is 132 cm³/mol. The Balaban J connectivity index is 1.76. The zero-order valence-corrected chi connectivity index (χ0v) is 19.9. The Bertz CT molecular complexity index is 1250. The fourth-order valence-corrected chi connectivity index (χ4v) is 4.27. The summed E-state index contributed by atoms with van der Waals surface area (Å²) in [6, 6.07) is 20.9. The highest BCUT2D eigenvalue weighted by molar-refractivity contribution is 6.46. The number of aliphatic hydroxyl groups excluding tert-OH is 1. The number of hydrogen-bond acceptors (Lipinski definition) is 6. The zero-order valence-electron chi connectivity index (χ0n) is 19.9. The minimum absolute atomic E-state index is 0.0272. The van der Waals surface area contributed by atoms with Crippen molar-refractivity contribution in [2.45, 2.75) is 12.5 Å². The zero-order chi connectivity index (χ0) is 24.9. The summed E-state index contributed by atoms with van der Waals surface area (Å²) in [6.07, 6.45) is 0.534. The molecule has 1 amide bonds. The highest BCUT2D eigenvalue weighted by atomic mass is 16.5. The normalized spacial score (nSPS) is 16.9. The number of hydrogen-bond donors (Lipinski definition) is 1. The van der Waals surface area contributed by atoms with E-state index in [0.717, 1.165) is 16.9 Å². The molecule has 1 heterocycles. The van der Waals surface area contributed by atoms with Crippen molar-refractivity contribution >= 4 is 17.4 Å². The molecule has 7 nitrogen and oxygen atoms in total. The Hall–Kier alpha value is -4.26. The smallest absolute Gasteiger partial charge is 0.295 e. The minimum atomic E-state index is -0.735. The molecule has 0 aliphatic carbocycles. The number of benzene rings is 3. The van der Waals surface area contributed by atoms with E-state index in [9.17, 15) is 14.7 Å². The molecule has 1 fully saturated rings. The molecule has 35 heavy (non-hydrogen) atoms. The van der Waals surface area contributed by atoms with Crippen LogP contribution >= 0.6 is 0 Å². The molecule has 0 radical (unpaired) electrons. The average molecular weight is 474 g/mol. The van der Waals surface area contributed by atoms with Gasteiger partial charge in [-0.25, -0.2) is 0 Å². The molecule has 1 N–H and O–H groups in total. The maximum absolute atomic E-state index is 13.2. The molecule has 1 aliphatic heterocycles. The van der Waals surface area contributed by atoms with Gasteiger partial charge in [0.2, 0.25) is 0 Å². The van der Waals surface area contributed by atoms with Gasteiger partial charge in [-0.3, -0.25) is 9.59 Å². The number of carbonyl (C=O) groups excluding carboxylic acids is 2. The third-order valence-corrected chi connectivity index (χ3v) is 6.12. The van der Waals surface area contributed by atoms with Crippen molar-refractivity contribution in [1.29, 1.82) is 0 Å². The molecule has 0 aromatic heterocycles. The van der Waals surface area contributed by atoms with Crippen LogP contribution < -0.4 is 14.2 Å². The van der Waals surface area contributed by atoms with Crippen LogP contribution in [0.1, 0.15) is 22.7 Å². The molecule has 7 heteroatoms. The van der Waals surface area contributed by atoms with Crippen LogP contribution in [0.3, 0.4) is 0 Å². The number of ether oxygens (including phenoxy) is 3. The van der Waals surface area contributed by atoms with Crippen molar-refractivity contribution in [3.05, 3.63) is 95.1 Å². The van der Waals surface area contributed by atoms with Crippen molar-refractivity contribution < 1.29 is 28.9 Å². The molecule has 0 saturated carbocycles. The van der Waals surface area contributed by atoms with Gasteiger partial charge < -0.3 is 24.2 Å². The van der Waals surface area contributed by atoms with Gasteiger partial charge in [0.1, 0.15) is 23.0 Å². The van der Waals surface area contributed by atoms with E-state index in [0.29, 0.717) is 30.0 Å². The van der Waals surface area contributed by atoms with E-state index in [2.05, 4.69) is 0 Å². The van der Waals surface area contributed by atoms with Crippen LogP contribution in [0.4, 0.5) is 0 Å². The number of rotatable bonds is 8. The molecule has 1 atom stereocenters. The molecule has 1 aliphatic rings. The predicted octanol–water partition coefficient (Wildman–Crippen LogP) is 4.38. The monoisotopic (exact) mass is 473 g/mol. The number of aliphatic hydroxyl groups is 1. The Kier molecular flexibility index (Phi) is 7.06. The summed E-state index contributed by atoms with van der Waals surface area (Å²) in [6.45, 7) is 0.299. The number of ketones is 1. The molecule has 3 aromatic carbocycles. The molecule has 180 valence electrons. The summed E-state index contributed by atoms with van der Waals surface area (Å²) in [5.41, 5.74) is 2.06. The second-order valence-corrected chi connectivity index (χ2v) is 8.07. The van der Waals surface area contributed by atoms with E-state index in [-0.39, 0.29) is 11.3 Å². The SMILES string of the molecule is COc1ccc(CCN2C(=O)C(=O)/C(=C(\O)c3ccc(OC)cc3OC)C2c2ccccc2)cc1. The Labute approximate surface area is 204 Å². The number of likely N-dealkylation sites (tertiary alicyclic amines) is 1. The van der Waals surface area contributed by atoms with Crippen molar-refractivity contribution in [1.82, 2.24) is 4.90 Å². The minimum Gasteiger partial charge on any atom is -0.507 e. The van der Waals surface area contributed by atoms with E-state index >= 15 is 0 Å². The fraction of sp³-hybridized carbons (Fsp3) is 0.214. The van der Waals surface area contributed by atoms with Crippen molar-refractivity contribution in [2.75, 3.05) is 27.9 Å². The highest BCUT2D eigenvalue weighted by Crippen LogP contribution is 2.41. The van der Waals surface area contributed by atoms with Gasteiger partial charge in [0.05, 0.1) is 38.5 Å². The lowest BCUT2D eigenvalue weighted by molar-refractivity contribution is -0.139. The summed E-state index contributed by atoms with van der Waals surface area (Å²) < 4.78 is 15.9. The molecular formula is C28H27NO6. The second kappa shape index (κ2) is 10.3. The number of nitrogens with zero attached hydrogens (tertiary/aromatic N) is 1. The van der Waals surface area contributed by atoms with Gasteiger partial charge in [-0.05, 0) is 41.8 Å².